The highest BCUT2D eigenvalue weighted by Gasteiger charge is 2.25. The Bertz CT molecular complexity index is 209. The summed E-state index contributed by atoms with van der Waals surface area (Å²) in [5.41, 5.74) is 7.65. The Hall–Kier alpha value is -0.900. The quantitative estimate of drug-likeness (QED) is 0.525. The minimum atomic E-state index is 0.505. The second kappa shape index (κ2) is 2.86. The van der Waals surface area contributed by atoms with E-state index in [0.29, 0.717) is 6.04 Å². The van der Waals surface area contributed by atoms with E-state index in [2.05, 4.69) is 35.1 Å². The van der Waals surface area contributed by atoms with Crippen LogP contribution in [0.3, 0.4) is 0 Å². The number of hydrazine groups is 2. The van der Waals surface area contributed by atoms with Crippen LogP contribution in [0.1, 0.15) is 26.7 Å². The Morgan fingerprint density at radius 3 is 3.00 bits per heavy atom. The van der Waals surface area contributed by atoms with Crippen molar-refractivity contribution in [3.05, 3.63) is 11.5 Å². The molecule has 0 aromatic carbocycles. The van der Waals surface area contributed by atoms with Crippen LogP contribution in [-0.2, 0) is 0 Å². The monoisotopic (exact) mass is 168 g/mol. The van der Waals surface area contributed by atoms with E-state index >= 15 is 0 Å². The minimum Gasteiger partial charge on any atom is -0.369 e. The Kier molecular flexibility index (Phi) is 1.84. The molecule has 0 aliphatic carbocycles. The molecular formula is C8H16N4. The molecule has 2 rings (SSSR count). The first-order valence-corrected chi connectivity index (χ1v) is 4.57. The van der Waals surface area contributed by atoms with E-state index in [1.54, 1.807) is 0 Å². The van der Waals surface area contributed by atoms with Gasteiger partial charge in [0.15, 0.2) is 0 Å². The maximum Gasteiger partial charge on any atom is 0.136 e. The number of hydrogen-bond donors (Lipinski definition) is 3. The lowest BCUT2D eigenvalue weighted by Gasteiger charge is -2.25. The predicted octanol–water partition coefficient (Wildman–Crippen LogP) is 0.272. The predicted molar refractivity (Wildman–Crippen MR) is 47.5 cm³/mol. The number of allylic oxidation sites excluding steroid dienone is 1. The third-order valence-corrected chi connectivity index (χ3v) is 2.29. The molecule has 0 spiro atoms. The highest BCUT2D eigenvalue weighted by molar-refractivity contribution is 5.16. The lowest BCUT2D eigenvalue weighted by Crippen LogP contribution is -2.42. The molecule has 0 saturated carbocycles. The van der Waals surface area contributed by atoms with Gasteiger partial charge in [-0.15, -0.1) is 5.53 Å². The molecule has 0 radical (unpaired) electrons. The molecule has 2 aliphatic heterocycles. The number of rotatable bonds is 1. The molecule has 0 saturated heterocycles. The molecule has 0 bridgehead atoms. The Balaban J connectivity index is 2.16. The molecule has 12 heavy (non-hydrogen) atoms. The summed E-state index contributed by atoms with van der Waals surface area (Å²) in [6, 6.07) is 0.505. The SMILES string of the molecule is CC(C)N1NNC2=C1CCCN2. The van der Waals surface area contributed by atoms with E-state index in [-0.39, 0.29) is 0 Å². The van der Waals surface area contributed by atoms with Gasteiger partial charge >= 0.3 is 0 Å². The summed E-state index contributed by atoms with van der Waals surface area (Å²) in [6.45, 7) is 5.44. The first-order chi connectivity index (χ1) is 5.79. The molecule has 0 aromatic rings. The Labute approximate surface area is 72.9 Å². The van der Waals surface area contributed by atoms with Crippen molar-refractivity contribution in [2.24, 2.45) is 0 Å². The van der Waals surface area contributed by atoms with Crippen molar-refractivity contribution in [1.29, 1.82) is 0 Å². The summed E-state index contributed by atoms with van der Waals surface area (Å²) in [5, 5.41) is 5.51. The average Bonchev–Trinajstić information content (AvgIpc) is 2.47. The Morgan fingerprint density at radius 1 is 1.42 bits per heavy atom. The topological polar surface area (TPSA) is 39.3 Å². The molecule has 68 valence electrons. The molecule has 3 N–H and O–H groups in total. The summed E-state index contributed by atoms with van der Waals surface area (Å²) in [5.74, 6) is 1.16. The van der Waals surface area contributed by atoms with Crippen LogP contribution >= 0.6 is 0 Å². The molecule has 0 amide bonds. The van der Waals surface area contributed by atoms with E-state index < -0.39 is 0 Å². The van der Waals surface area contributed by atoms with Crippen LogP contribution in [0.2, 0.25) is 0 Å². The normalized spacial score (nSPS) is 22.4. The fraction of sp³-hybridized carbons (Fsp3) is 0.750. The van der Waals surface area contributed by atoms with Gasteiger partial charge in [0.1, 0.15) is 5.82 Å². The van der Waals surface area contributed by atoms with Crippen molar-refractivity contribution in [2.45, 2.75) is 32.7 Å². The number of hydrogen-bond acceptors (Lipinski definition) is 4. The van der Waals surface area contributed by atoms with Crippen LogP contribution in [0.25, 0.3) is 0 Å². The van der Waals surface area contributed by atoms with Gasteiger partial charge < -0.3 is 5.32 Å². The molecule has 0 unspecified atom stereocenters. The summed E-state index contributed by atoms with van der Waals surface area (Å²) in [6.07, 6.45) is 2.39. The van der Waals surface area contributed by atoms with E-state index in [9.17, 15) is 0 Å². The summed E-state index contributed by atoms with van der Waals surface area (Å²) >= 11 is 0. The second-order valence-corrected chi connectivity index (χ2v) is 3.55. The Morgan fingerprint density at radius 2 is 2.25 bits per heavy atom. The van der Waals surface area contributed by atoms with Crippen molar-refractivity contribution in [2.75, 3.05) is 6.54 Å². The van der Waals surface area contributed by atoms with Crippen molar-refractivity contribution in [1.82, 2.24) is 21.3 Å². The zero-order valence-electron chi connectivity index (χ0n) is 7.65. The molecule has 4 nitrogen and oxygen atoms in total. The van der Waals surface area contributed by atoms with Crippen LogP contribution in [0, 0.1) is 0 Å². The molecular weight excluding hydrogens is 152 g/mol. The maximum absolute atomic E-state index is 3.33. The van der Waals surface area contributed by atoms with Crippen LogP contribution in [0.4, 0.5) is 0 Å². The lowest BCUT2D eigenvalue weighted by molar-refractivity contribution is 0.196. The zero-order chi connectivity index (χ0) is 8.55. The zero-order valence-corrected chi connectivity index (χ0v) is 7.65. The first kappa shape index (κ1) is 7.73. The largest absolute Gasteiger partial charge is 0.369 e. The van der Waals surface area contributed by atoms with E-state index in [1.165, 1.54) is 18.5 Å². The van der Waals surface area contributed by atoms with Crippen molar-refractivity contribution in [3.8, 4) is 0 Å². The van der Waals surface area contributed by atoms with Gasteiger partial charge in [-0.2, -0.15) is 0 Å². The fourth-order valence-corrected chi connectivity index (χ4v) is 1.68. The molecule has 0 atom stereocenters. The third kappa shape index (κ3) is 1.12. The van der Waals surface area contributed by atoms with Gasteiger partial charge in [-0.1, -0.05) is 0 Å². The molecule has 2 heterocycles. The van der Waals surface area contributed by atoms with Gasteiger partial charge in [-0.25, -0.2) is 0 Å². The van der Waals surface area contributed by atoms with Gasteiger partial charge in [0, 0.05) is 12.6 Å². The van der Waals surface area contributed by atoms with E-state index in [4.69, 9.17) is 0 Å². The van der Waals surface area contributed by atoms with E-state index in [1.807, 2.05) is 0 Å². The third-order valence-electron chi connectivity index (χ3n) is 2.29. The van der Waals surface area contributed by atoms with Crippen LogP contribution < -0.4 is 16.3 Å². The lowest BCUT2D eigenvalue weighted by atomic mass is 10.1. The van der Waals surface area contributed by atoms with Gasteiger partial charge in [0.05, 0.1) is 5.70 Å². The van der Waals surface area contributed by atoms with Crippen LogP contribution in [0.5, 0.6) is 0 Å². The van der Waals surface area contributed by atoms with Gasteiger partial charge in [0.2, 0.25) is 0 Å². The van der Waals surface area contributed by atoms with Gasteiger partial charge in [0.25, 0.3) is 0 Å². The molecule has 0 fully saturated rings. The smallest absolute Gasteiger partial charge is 0.136 e. The average molecular weight is 168 g/mol. The fourth-order valence-electron chi connectivity index (χ4n) is 1.68. The highest BCUT2D eigenvalue weighted by Crippen LogP contribution is 2.20. The minimum absolute atomic E-state index is 0.505. The van der Waals surface area contributed by atoms with Gasteiger partial charge in [-0.05, 0) is 26.7 Å². The van der Waals surface area contributed by atoms with Crippen molar-refractivity contribution < 1.29 is 0 Å². The van der Waals surface area contributed by atoms with Gasteiger partial charge in [-0.3, -0.25) is 10.4 Å². The standard InChI is InChI=1S/C8H16N4/c1-6(2)12-7-4-3-5-9-8(7)10-11-12/h6,9-11H,3-5H2,1-2H3. The van der Waals surface area contributed by atoms with Crippen molar-refractivity contribution in [3.63, 3.8) is 0 Å². The molecule has 4 heteroatoms. The van der Waals surface area contributed by atoms with Crippen LogP contribution in [-0.4, -0.2) is 17.6 Å². The number of nitrogens with one attached hydrogen (secondary N) is 3. The molecule has 0 aromatic heterocycles. The highest BCUT2D eigenvalue weighted by atomic mass is 15.7. The summed E-state index contributed by atoms with van der Waals surface area (Å²) in [7, 11) is 0. The van der Waals surface area contributed by atoms with Crippen LogP contribution in [0.15, 0.2) is 11.5 Å². The summed E-state index contributed by atoms with van der Waals surface area (Å²) in [4.78, 5) is 0. The second-order valence-electron chi connectivity index (χ2n) is 3.55. The van der Waals surface area contributed by atoms with Crippen molar-refractivity contribution >= 4 is 0 Å². The first-order valence-electron chi connectivity index (χ1n) is 4.57. The number of nitrogens with zero attached hydrogens (tertiary/aromatic N) is 1. The summed E-state index contributed by atoms with van der Waals surface area (Å²) < 4.78 is 0. The molecule has 2 aliphatic rings. The van der Waals surface area contributed by atoms with E-state index in [0.717, 1.165) is 12.4 Å². The maximum atomic E-state index is 3.33.